The Morgan fingerprint density at radius 2 is 1.95 bits per heavy atom. The van der Waals surface area contributed by atoms with Gasteiger partial charge in [-0.15, -0.1) is 0 Å². The van der Waals surface area contributed by atoms with E-state index < -0.39 is 10.0 Å². The molecular weight excluding hydrogens is 276 g/mol. The van der Waals surface area contributed by atoms with Crippen molar-refractivity contribution >= 4 is 10.0 Å². The molecule has 0 amide bonds. The van der Waals surface area contributed by atoms with Crippen LogP contribution in [0.1, 0.15) is 38.5 Å². The molecule has 0 unspecified atom stereocenters. The fourth-order valence-electron chi connectivity index (χ4n) is 2.57. The van der Waals surface area contributed by atoms with Crippen molar-refractivity contribution < 1.29 is 8.42 Å². The second-order valence-electron chi connectivity index (χ2n) is 5.39. The van der Waals surface area contributed by atoms with Crippen LogP contribution in [0.4, 0.5) is 0 Å². The highest BCUT2D eigenvalue weighted by molar-refractivity contribution is 7.89. The summed E-state index contributed by atoms with van der Waals surface area (Å²) in [5.41, 5.74) is 0. The minimum Gasteiger partial charge on any atom is -0.313 e. The van der Waals surface area contributed by atoms with Gasteiger partial charge in [-0.1, -0.05) is 25.7 Å². The molecule has 114 valence electrons. The van der Waals surface area contributed by atoms with Crippen LogP contribution in [0.5, 0.6) is 0 Å². The molecule has 0 spiro atoms. The lowest BCUT2D eigenvalue weighted by atomic mass is 10.1. The van der Waals surface area contributed by atoms with E-state index in [9.17, 15) is 8.42 Å². The van der Waals surface area contributed by atoms with Gasteiger partial charge in [-0.25, -0.2) is 13.1 Å². The zero-order valence-corrected chi connectivity index (χ0v) is 12.8. The summed E-state index contributed by atoms with van der Waals surface area (Å²) in [6, 6.07) is 0.542. The minimum atomic E-state index is -3.42. The van der Waals surface area contributed by atoms with Crippen molar-refractivity contribution in [3.63, 3.8) is 0 Å². The average molecular weight is 300 g/mol. The lowest BCUT2D eigenvalue weighted by molar-refractivity contribution is 0.461. The van der Waals surface area contributed by atoms with Crippen molar-refractivity contribution in [2.75, 3.05) is 13.1 Å². The lowest BCUT2D eigenvalue weighted by Gasteiger charge is -2.16. The van der Waals surface area contributed by atoms with Gasteiger partial charge >= 0.3 is 0 Å². The predicted octanol–water partition coefficient (Wildman–Crippen LogP) is 1.01. The maximum atomic E-state index is 12.0. The zero-order chi connectivity index (χ0) is 14.4. The number of nitrogens with zero attached hydrogens (tertiary/aromatic N) is 2. The van der Waals surface area contributed by atoms with Crippen LogP contribution in [-0.2, 0) is 17.1 Å². The molecule has 2 rings (SSSR count). The van der Waals surface area contributed by atoms with Gasteiger partial charge < -0.3 is 5.32 Å². The Balaban J connectivity index is 1.72. The van der Waals surface area contributed by atoms with Crippen molar-refractivity contribution in [2.24, 2.45) is 7.05 Å². The van der Waals surface area contributed by atoms with E-state index in [4.69, 9.17) is 0 Å². The fraction of sp³-hybridized carbons (Fsp3) is 0.769. The molecule has 6 nitrogen and oxygen atoms in total. The monoisotopic (exact) mass is 300 g/mol. The molecule has 2 N–H and O–H groups in total. The van der Waals surface area contributed by atoms with Crippen LogP contribution in [0.15, 0.2) is 17.3 Å². The standard InChI is InChI=1S/C13H24N4O2S/c1-17-11-13(10-15-17)20(18,19)16-9-8-14-12-6-4-2-3-5-7-12/h10-12,14,16H,2-9H2,1H3. The third kappa shape index (κ3) is 4.57. The van der Waals surface area contributed by atoms with Crippen molar-refractivity contribution in [1.82, 2.24) is 19.8 Å². The highest BCUT2D eigenvalue weighted by Gasteiger charge is 2.16. The largest absolute Gasteiger partial charge is 0.313 e. The van der Waals surface area contributed by atoms with Gasteiger partial charge in [-0.05, 0) is 12.8 Å². The molecule has 0 bridgehead atoms. The third-order valence-electron chi connectivity index (χ3n) is 3.70. The molecule has 0 aromatic carbocycles. The third-order valence-corrected chi connectivity index (χ3v) is 5.11. The van der Waals surface area contributed by atoms with Crippen LogP contribution in [-0.4, -0.2) is 37.3 Å². The molecule has 1 aromatic rings. The van der Waals surface area contributed by atoms with Crippen molar-refractivity contribution in [3.05, 3.63) is 12.4 Å². The number of aromatic nitrogens is 2. The van der Waals surface area contributed by atoms with E-state index in [-0.39, 0.29) is 4.90 Å². The summed E-state index contributed by atoms with van der Waals surface area (Å²) in [5.74, 6) is 0. The lowest BCUT2D eigenvalue weighted by Crippen LogP contribution is -2.36. The molecule has 0 aliphatic heterocycles. The smallest absolute Gasteiger partial charge is 0.243 e. The van der Waals surface area contributed by atoms with Gasteiger partial charge in [-0.2, -0.15) is 5.10 Å². The van der Waals surface area contributed by atoms with Crippen LogP contribution in [0, 0.1) is 0 Å². The summed E-state index contributed by atoms with van der Waals surface area (Å²) < 4.78 is 28.0. The van der Waals surface area contributed by atoms with Gasteiger partial charge in [0.2, 0.25) is 10.0 Å². The molecule has 1 fully saturated rings. The molecule has 7 heteroatoms. The van der Waals surface area contributed by atoms with Crippen molar-refractivity contribution in [1.29, 1.82) is 0 Å². The van der Waals surface area contributed by atoms with Gasteiger partial charge in [0.05, 0.1) is 6.20 Å². The summed E-state index contributed by atoms with van der Waals surface area (Å²) in [7, 11) is -1.72. The minimum absolute atomic E-state index is 0.217. The second kappa shape index (κ2) is 7.19. The van der Waals surface area contributed by atoms with E-state index in [1.165, 1.54) is 55.6 Å². The fourth-order valence-corrected chi connectivity index (χ4v) is 3.58. The first-order chi connectivity index (χ1) is 9.58. The molecule has 0 radical (unpaired) electrons. The number of nitrogens with one attached hydrogen (secondary N) is 2. The van der Waals surface area contributed by atoms with Gasteiger partial charge in [0.25, 0.3) is 0 Å². The Morgan fingerprint density at radius 1 is 1.25 bits per heavy atom. The molecule has 1 aromatic heterocycles. The Hall–Kier alpha value is -0.920. The maximum absolute atomic E-state index is 12.0. The zero-order valence-electron chi connectivity index (χ0n) is 12.0. The van der Waals surface area contributed by atoms with Crippen molar-refractivity contribution in [2.45, 2.75) is 49.5 Å². The molecule has 1 aliphatic rings. The molecule has 1 aliphatic carbocycles. The second-order valence-corrected chi connectivity index (χ2v) is 7.16. The van der Waals surface area contributed by atoms with E-state index in [1.54, 1.807) is 7.05 Å². The number of hydrogen-bond acceptors (Lipinski definition) is 4. The molecule has 1 saturated carbocycles. The van der Waals surface area contributed by atoms with Crippen LogP contribution in [0.2, 0.25) is 0 Å². The van der Waals surface area contributed by atoms with Crippen molar-refractivity contribution in [3.8, 4) is 0 Å². The van der Waals surface area contributed by atoms with Crippen LogP contribution in [0.25, 0.3) is 0 Å². The first-order valence-corrected chi connectivity index (χ1v) is 8.78. The molecule has 1 heterocycles. The van der Waals surface area contributed by atoms with Crippen LogP contribution in [0.3, 0.4) is 0 Å². The molecular formula is C13H24N4O2S. The normalized spacial score (nSPS) is 18.1. The number of rotatable bonds is 6. The topological polar surface area (TPSA) is 76.0 Å². The summed E-state index contributed by atoms with van der Waals surface area (Å²) in [4.78, 5) is 0.217. The number of sulfonamides is 1. The first kappa shape index (κ1) is 15.5. The quantitative estimate of drug-likeness (QED) is 0.607. The molecule has 20 heavy (non-hydrogen) atoms. The predicted molar refractivity (Wildman–Crippen MR) is 77.9 cm³/mol. The summed E-state index contributed by atoms with van der Waals surface area (Å²) in [5, 5.41) is 7.32. The van der Waals surface area contributed by atoms with E-state index >= 15 is 0 Å². The van der Waals surface area contributed by atoms with E-state index in [0.29, 0.717) is 19.1 Å². The Labute approximate surface area is 121 Å². The van der Waals surface area contributed by atoms with Gasteiger partial charge in [0.15, 0.2) is 0 Å². The van der Waals surface area contributed by atoms with Crippen LogP contribution < -0.4 is 10.0 Å². The summed E-state index contributed by atoms with van der Waals surface area (Å²) >= 11 is 0. The highest BCUT2D eigenvalue weighted by atomic mass is 32.2. The maximum Gasteiger partial charge on any atom is 0.243 e. The number of hydrogen-bond donors (Lipinski definition) is 2. The Bertz CT molecular complexity index is 504. The summed E-state index contributed by atoms with van der Waals surface area (Å²) in [6.45, 7) is 1.08. The summed E-state index contributed by atoms with van der Waals surface area (Å²) in [6.07, 6.45) is 10.5. The van der Waals surface area contributed by atoms with E-state index in [0.717, 1.165) is 0 Å². The van der Waals surface area contributed by atoms with E-state index in [2.05, 4.69) is 15.1 Å². The number of aryl methyl sites for hydroxylation is 1. The van der Waals surface area contributed by atoms with Gasteiger partial charge in [0, 0.05) is 32.4 Å². The highest BCUT2D eigenvalue weighted by Crippen LogP contribution is 2.16. The van der Waals surface area contributed by atoms with E-state index in [1.807, 2.05) is 0 Å². The SMILES string of the molecule is Cn1cc(S(=O)(=O)NCCNC2CCCCCC2)cn1. The Morgan fingerprint density at radius 3 is 2.55 bits per heavy atom. The van der Waals surface area contributed by atoms with Gasteiger partial charge in [-0.3, -0.25) is 4.68 Å². The van der Waals surface area contributed by atoms with Crippen LogP contribution >= 0.6 is 0 Å². The molecule has 0 atom stereocenters. The van der Waals surface area contributed by atoms with Gasteiger partial charge in [0.1, 0.15) is 4.90 Å². The Kier molecular flexibility index (Phi) is 5.56. The molecule has 0 saturated heterocycles. The first-order valence-electron chi connectivity index (χ1n) is 7.29. The average Bonchev–Trinajstić information content (AvgIpc) is 2.70.